The fraction of sp³-hybridized carbons (Fsp3) is 0.286. The SMILES string of the molecule is Cc1ccc(CC(C)NC(=O)c2cc(N)ccn2)s1. The zero-order chi connectivity index (χ0) is 13.8. The molecular formula is C14H17N3OS. The van der Waals surface area contributed by atoms with Gasteiger partial charge in [0.1, 0.15) is 5.69 Å². The third-order valence-electron chi connectivity index (χ3n) is 2.70. The lowest BCUT2D eigenvalue weighted by Crippen LogP contribution is -2.34. The maximum Gasteiger partial charge on any atom is 0.270 e. The maximum atomic E-state index is 12.0. The van der Waals surface area contributed by atoms with Gasteiger partial charge in [-0.3, -0.25) is 9.78 Å². The Morgan fingerprint density at radius 1 is 1.47 bits per heavy atom. The van der Waals surface area contributed by atoms with E-state index in [1.165, 1.54) is 16.0 Å². The molecule has 2 aromatic heterocycles. The number of anilines is 1. The molecule has 2 rings (SSSR count). The molecule has 19 heavy (non-hydrogen) atoms. The normalized spacial score (nSPS) is 12.1. The van der Waals surface area contributed by atoms with Gasteiger partial charge in [-0.1, -0.05) is 0 Å². The number of nitrogen functional groups attached to an aromatic ring is 1. The van der Waals surface area contributed by atoms with Gasteiger partial charge < -0.3 is 11.1 Å². The van der Waals surface area contributed by atoms with Gasteiger partial charge in [0.15, 0.2) is 0 Å². The summed E-state index contributed by atoms with van der Waals surface area (Å²) in [4.78, 5) is 18.5. The van der Waals surface area contributed by atoms with E-state index in [4.69, 9.17) is 5.73 Å². The Kier molecular flexibility index (Phi) is 4.16. The predicted octanol–water partition coefficient (Wildman–Crippen LogP) is 2.39. The van der Waals surface area contributed by atoms with Gasteiger partial charge in [0, 0.05) is 34.1 Å². The Bertz CT molecular complexity index is 580. The largest absolute Gasteiger partial charge is 0.399 e. The minimum absolute atomic E-state index is 0.0637. The number of carbonyl (C=O) groups is 1. The van der Waals surface area contributed by atoms with Gasteiger partial charge in [0.05, 0.1) is 0 Å². The number of aryl methyl sites for hydroxylation is 1. The summed E-state index contributed by atoms with van der Waals surface area (Å²) < 4.78 is 0. The molecular weight excluding hydrogens is 258 g/mol. The Hall–Kier alpha value is -1.88. The zero-order valence-corrected chi connectivity index (χ0v) is 11.8. The van der Waals surface area contributed by atoms with Crippen molar-refractivity contribution in [2.24, 2.45) is 0 Å². The van der Waals surface area contributed by atoms with Crippen LogP contribution in [-0.4, -0.2) is 16.9 Å². The van der Waals surface area contributed by atoms with E-state index in [0.717, 1.165) is 6.42 Å². The number of carbonyl (C=O) groups excluding carboxylic acids is 1. The number of thiophene rings is 1. The molecule has 3 N–H and O–H groups in total. The highest BCUT2D eigenvalue weighted by Crippen LogP contribution is 2.16. The summed E-state index contributed by atoms with van der Waals surface area (Å²) in [6.07, 6.45) is 2.37. The van der Waals surface area contributed by atoms with Crippen molar-refractivity contribution in [3.05, 3.63) is 45.9 Å². The van der Waals surface area contributed by atoms with Crippen LogP contribution >= 0.6 is 11.3 Å². The number of rotatable bonds is 4. The average molecular weight is 275 g/mol. The molecule has 100 valence electrons. The molecule has 0 aliphatic carbocycles. The number of aromatic nitrogens is 1. The molecule has 2 aromatic rings. The number of pyridine rings is 1. The van der Waals surface area contributed by atoms with Crippen LogP contribution in [0.4, 0.5) is 5.69 Å². The number of hydrogen-bond donors (Lipinski definition) is 2. The summed E-state index contributed by atoms with van der Waals surface area (Å²) in [7, 11) is 0. The van der Waals surface area contributed by atoms with Crippen molar-refractivity contribution < 1.29 is 4.79 Å². The smallest absolute Gasteiger partial charge is 0.270 e. The molecule has 1 atom stereocenters. The minimum Gasteiger partial charge on any atom is -0.399 e. The van der Waals surface area contributed by atoms with Gasteiger partial charge in [-0.25, -0.2) is 0 Å². The highest BCUT2D eigenvalue weighted by atomic mass is 32.1. The van der Waals surface area contributed by atoms with Gasteiger partial charge >= 0.3 is 0 Å². The van der Waals surface area contributed by atoms with Crippen molar-refractivity contribution in [3.63, 3.8) is 0 Å². The highest BCUT2D eigenvalue weighted by Gasteiger charge is 2.12. The molecule has 0 fully saturated rings. The first-order chi connectivity index (χ1) is 9.04. The third-order valence-corrected chi connectivity index (χ3v) is 3.72. The monoisotopic (exact) mass is 275 g/mol. The van der Waals surface area contributed by atoms with Gasteiger partial charge in [-0.15, -0.1) is 11.3 Å². The Balaban J connectivity index is 1.95. The Labute approximate surface area is 116 Å². The minimum atomic E-state index is -0.187. The van der Waals surface area contributed by atoms with E-state index in [1.807, 2.05) is 6.92 Å². The van der Waals surface area contributed by atoms with Crippen LogP contribution in [0.1, 0.15) is 27.2 Å². The summed E-state index contributed by atoms with van der Waals surface area (Å²) in [5.74, 6) is -0.187. The number of amides is 1. The van der Waals surface area contributed by atoms with Crippen molar-refractivity contribution in [2.75, 3.05) is 5.73 Å². The fourth-order valence-electron chi connectivity index (χ4n) is 1.82. The van der Waals surface area contributed by atoms with Crippen LogP contribution in [0.5, 0.6) is 0 Å². The van der Waals surface area contributed by atoms with Crippen LogP contribution in [0.15, 0.2) is 30.5 Å². The Morgan fingerprint density at radius 3 is 2.89 bits per heavy atom. The average Bonchev–Trinajstić information content (AvgIpc) is 2.74. The second-order valence-corrected chi connectivity index (χ2v) is 5.94. The quantitative estimate of drug-likeness (QED) is 0.900. The second kappa shape index (κ2) is 5.84. The summed E-state index contributed by atoms with van der Waals surface area (Å²) >= 11 is 1.75. The van der Waals surface area contributed by atoms with Crippen molar-refractivity contribution in [2.45, 2.75) is 26.3 Å². The molecule has 0 aromatic carbocycles. The lowest BCUT2D eigenvalue weighted by molar-refractivity contribution is 0.0935. The molecule has 0 aliphatic rings. The van der Waals surface area contributed by atoms with E-state index < -0.39 is 0 Å². The van der Waals surface area contributed by atoms with Crippen LogP contribution in [0.25, 0.3) is 0 Å². The fourth-order valence-corrected chi connectivity index (χ4v) is 2.84. The van der Waals surface area contributed by atoms with Crippen molar-refractivity contribution >= 4 is 22.9 Å². The van der Waals surface area contributed by atoms with E-state index in [2.05, 4.69) is 29.4 Å². The van der Waals surface area contributed by atoms with Crippen molar-refractivity contribution in [1.29, 1.82) is 0 Å². The molecule has 0 aliphatic heterocycles. The van der Waals surface area contributed by atoms with Crippen LogP contribution in [0.3, 0.4) is 0 Å². The Morgan fingerprint density at radius 2 is 2.26 bits per heavy atom. The number of hydrogen-bond acceptors (Lipinski definition) is 4. The molecule has 0 radical (unpaired) electrons. The molecule has 1 unspecified atom stereocenters. The summed E-state index contributed by atoms with van der Waals surface area (Å²) in [6.45, 7) is 4.06. The molecule has 0 saturated carbocycles. The number of nitrogens with two attached hydrogens (primary N) is 1. The first-order valence-corrected chi connectivity index (χ1v) is 6.94. The topological polar surface area (TPSA) is 68.0 Å². The van der Waals surface area contributed by atoms with Crippen LogP contribution in [-0.2, 0) is 6.42 Å². The number of nitrogens with zero attached hydrogens (tertiary/aromatic N) is 1. The van der Waals surface area contributed by atoms with Crippen LogP contribution in [0, 0.1) is 6.92 Å². The maximum absolute atomic E-state index is 12.0. The van der Waals surface area contributed by atoms with Crippen molar-refractivity contribution in [1.82, 2.24) is 10.3 Å². The first-order valence-electron chi connectivity index (χ1n) is 6.12. The lowest BCUT2D eigenvalue weighted by atomic mass is 10.2. The van der Waals surface area contributed by atoms with Crippen LogP contribution < -0.4 is 11.1 Å². The summed E-state index contributed by atoms with van der Waals surface area (Å²) in [5, 5.41) is 2.93. The predicted molar refractivity (Wildman–Crippen MR) is 78.3 cm³/mol. The van der Waals surface area contributed by atoms with Crippen molar-refractivity contribution in [3.8, 4) is 0 Å². The number of nitrogens with one attached hydrogen (secondary N) is 1. The van der Waals surface area contributed by atoms with E-state index in [0.29, 0.717) is 11.4 Å². The van der Waals surface area contributed by atoms with E-state index >= 15 is 0 Å². The second-order valence-electron chi connectivity index (χ2n) is 4.57. The van der Waals surface area contributed by atoms with Gasteiger partial charge in [0.2, 0.25) is 0 Å². The highest BCUT2D eigenvalue weighted by molar-refractivity contribution is 7.11. The molecule has 2 heterocycles. The van der Waals surface area contributed by atoms with E-state index in [-0.39, 0.29) is 11.9 Å². The molecule has 0 spiro atoms. The standard InChI is InChI=1S/C14H17N3OS/c1-9(7-12-4-3-10(2)19-12)17-14(18)13-8-11(15)5-6-16-13/h3-6,8-9H,7H2,1-2H3,(H2,15,16)(H,17,18). The molecule has 5 heteroatoms. The van der Waals surface area contributed by atoms with E-state index in [9.17, 15) is 4.79 Å². The summed E-state index contributed by atoms with van der Waals surface area (Å²) in [5.41, 5.74) is 6.53. The van der Waals surface area contributed by atoms with Gasteiger partial charge in [0.25, 0.3) is 5.91 Å². The van der Waals surface area contributed by atoms with E-state index in [1.54, 1.807) is 23.5 Å². The lowest BCUT2D eigenvalue weighted by Gasteiger charge is -2.12. The molecule has 0 bridgehead atoms. The van der Waals surface area contributed by atoms with Gasteiger partial charge in [-0.05, 0) is 38.1 Å². The zero-order valence-electron chi connectivity index (χ0n) is 11.0. The molecule has 0 saturated heterocycles. The molecule has 4 nitrogen and oxygen atoms in total. The van der Waals surface area contributed by atoms with Gasteiger partial charge in [-0.2, -0.15) is 0 Å². The third kappa shape index (κ3) is 3.79. The summed E-state index contributed by atoms with van der Waals surface area (Å²) in [6, 6.07) is 7.50. The first kappa shape index (κ1) is 13.5. The molecule has 1 amide bonds. The van der Waals surface area contributed by atoms with Crippen LogP contribution in [0.2, 0.25) is 0 Å².